The number of rotatable bonds is 5. The SMILES string of the molecule is O=C(NCCc1ccsc1)C(=O)Nc1ccc2c(c1)CCCN2C(=O)c1cccs1. The highest BCUT2D eigenvalue weighted by Gasteiger charge is 2.24. The molecular weight excluding hydrogens is 418 g/mol. The van der Waals surface area contributed by atoms with Gasteiger partial charge >= 0.3 is 11.8 Å². The Morgan fingerprint density at radius 2 is 1.97 bits per heavy atom. The van der Waals surface area contributed by atoms with E-state index in [2.05, 4.69) is 10.6 Å². The summed E-state index contributed by atoms with van der Waals surface area (Å²) in [7, 11) is 0. The summed E-state index contributed by atoms with van der Waals surface area (Å²) in [5.74, 6) is -1.35. The lowest BCUT2D eigenvalue weighted by molar-refractivity contribution is -0.136. The maximum absolute atomic E-state index is 12.8. The van der Waals surface area contributed by atoms with Gasteiger partial charge in [-0.25, -0.2) is 0 Å². The lowest BCUT2D eigenvalue weighted by atomic mass is 10.0. The van der Waals surface area contributed by atoms with E-state index in [4.69, 9.17) is 0 Å². The summed E-state index contributed by atoms with van der Waals surface area (Å²) >= 11 is 3.03. The van der Waals surface area contributed by atoms with Crippen molar-refractivity contribution in [3.63, 3.8) is 0 Å². The summed E-state index contributed by atoms with van der Waals surface area (Å²) in [6.07, 6.45) is 2.36. The van der Waals surface area contributed by atoms with Crippen molar-refractivity contribution in [1.82, 2.24) is 5.32 Å². The fraction of sp³-hybridized carbons (Fsp3) is 0.227. The Kier molecular flexibility index (Phi) is 6.25. The van der Waals surface area contributed by atoms with E-state index in [0.717, 1.165) is 29.7 Å². The number of carbonyl (C=O) groups excluding carboxylic acids is 3. The summed E-state index contributed by atoms with van der Waals surface area (Å²) in [6, 6.07) is 11.1. The van der Waals surface area contributed by atoms with Crippen molar-refractivity contribution >= 4 is 51.8 Å². The Balaban J connectivity index is 1.38. The molecule has 1 aliphatic rings. The molecule has 0 radical (unpaired) electrons. The molecular formula is C22H21N3O3S2. The van der Waals surface area contributed by atoms with E-state index in [9.17, 15) is 14.4 Å². The molecule has 1 aromatic carbocycles. The highest BCUT2D eigenvalue weighted by atomic mass is 32.1. The minimum absolute atomic E-state index is 0.00673. The maximum atomic E-state index is 12.8. The van der Waals surface area contributed by atoms with Crippen molar-refractivity contribution in [2.75, 3.05) is 23.3 Å². The van der Waals surface area contributed by atoms with Crippen LogP contribution in [0.25, 0.3) is 0 Å². The van der Waals surface area contributed by atoms with Gasteiger partial charge in [-0.05, 0) is 76.9 Å². The van der Waals surface area contributed by atoms with Crippen LogP contribution in [0.2, 0.25) is 0 Å². The summed E-state index contributed by atoms with van der Waals surface area (Å²) < 4.78 is 0. The molecule has 1 aliphatic heterocycles. The number of anilines is 2. The van der Waals surface area contributed by atoms with Gasteiger partial charge in [0.2, 0.25) is 0 Å². The first-order chi connectivity index (χ1) is 14.6. The average molecular weight is 440 g/mol. The zero-order valence-electron chi connectivity index (χ0n) is 16.2. The van der Waals surface area contributed by atoms with Crippen molar-refractivity contribution in [2.45, 2.75) is 19.3 Å². The molecule has 30 heavy (non-hydrogen) atoms. The van der Waals surface area contributed by atoms with E-state index in [1.807, 2.05) is 46.5 Å². The van der Waals surface area contributed by atoms with Crippen molar-refractivity contribution in [3.05, 3.63) is 68.5 Å². The van der Waals surface area contributed by atoms with E-state index in [1.165, 1.54) is 11.3 Å². The van der Waals surface area contributed by atoms with Gasteiger partial charge in [0.25, 0.3) is 5.91 Å². The van der Waals surface area contributed by atoms with Crippen LogP contribution in [0.3, 0.4) is 0 Å². The number of thiophene rings is 2. The molecule has 0 spiro atoms. The van der Waals surface area contributed by atoms with Gasteiger partial charge in [-0.3, -0.25) is 14.4 Å². The van der Waals surface area contributed by atoms with Crippen molar-refractivity contribution in [1.29, 1.82) is 0 Å². The predicted octanol–water partition coefficient (Wildman–Crippen LogP) is 3.70. The first-order valence-electron chi connectivity index (χ1n) is 9.70. The molecule has 3 heterocycles. The Morgan fingerprint density at radius 3 is 2.73 bits per heavy atom. The number of aryl methyl sites for hydroxylation is 1. The average Bonchev–Trinajstić information content (AvgIpc) is 3.47. The molecule has 0 aliphatic carbocycles. The number of hydrogen-bond donors (Lipinski definition) is 2. The third-order valence-corrected chi connectivity index (χ3v) is 6.51. The highest BCUT2D eigenvalue weighted by Crippen LogP contribution is 2.31. The molecule has 0 saturated heterocycles. The number of carbonyl (C=O) groups is 3. The second-order valence-corrected chi connectivity index (χ2v) is 8.70. The molecule has 2 N–H and O–H groups in total. The van der Waals surface area contributed by atoms with Gasteiger partial charge in [0, 0.05) is 24.5 Å². The summed E-state index contributed by atoms with van der Waals surface area (Å²) in [5, 5.41) is 11.2. The third kappa shape index (κ3) is 4.60. The normalized spacial score (nSPS) is 12.9. The summed E-state index contributed by atoms with van der Waals surface area (Å²) in [4.78, 5) is 39.6. The van der Waals surface area contributed by atoms with Crippen molar-refractivity contribution in [3.8, 4) is 0 Å². The number of nitrogens with one attached hydrogen (secondary N) is 2. The number of amides is 3. The molecule has 8 heteroatoms. The highest BCUT2D eigenvalue weighted by molar-refractivity contribution is 7.12. The molecule has 6 nitrogen and oxygen atoms in total. The van der Waals surface area contributed by atoms with Gasteiger partial charge in [-0.15, -0.1) is 11.3 Å². The zero-order valence-corrected chi connectivity index (χ0v) is 17.9. The fourth-order valence-electron chi connectivity index (χ4n) is 3.44. The van der Waals surface area contributed by atoms with Crippen LogP contribution in [0.5, 0.6) is 0 Å². The van der Waals surface area contributed by atoms with E-state index in [-0.39, 0.29) is 5.91 Å². The van der Waals surface area contributed by atoms with Crippen LogP contribution >= 0.6 is 22.7 Å². The van der Waals surface area contributed by atoms with Gasteiger partial charge in [-0.1, -0.05) is 6.07 Å². The molecule has 0 fully saturated rings. The molecule has 3 amide bonds. The Hall–Kier alpha value is -2.97. The molecule has 0 unspecified atom stereocenters. The van der Waals surface area contributed by atoms with Gasteiger partial charge in [0.15, 0.2) is 0 Å². The summed E-state index contributed by atoms with van der Waals surface area (Å²) in [5.41, 5.74) is 3.54. The molecule has 4 rings (SSSR count). The van der Waals surface area contributed by atoms with Gasteiger partial charge in [0.05, 0.1) is 4.88 Å². The molecule has 154 valence electrons. The number of hydrogen-bond acceptors (Lipinski definition) is 5. The molecule has 0 saturated carbocycles. The van der Waals surface area contributed by atoms with Gasteiger partial charge in [0.1, 0.15) is 0 Å². The van der Waals surface area contributed by atoms with Crippen molar-refractivity contribution < 1.29 is 14.4 Å². The second kappa shape index (κ2) is 9.23. The van der Waals surface area contributed by atoms with E-state index in [0.29, 0.717) is 30.1 Å². The number of benzene rings is 1. The van der Waals surface area contributed by atoms with Crippen LogP contribution in [0.15, 0.2) is 52.5 Å². The predicted molar refractivity (Wildman–Crippen MR) is 120 cm³/mol. The first kappa shape index (κ1) is 20.3. The van der Waals surface area contributed by atoms with Crippen LogP contribution < -0.4 is 15.5 Å². The van der Waals surface area contributed by atoms with Crippen LogP contribution in [0.4, 0.5) is 11.4 Å². The smallest absolute Gasteiger partial charge is 0.313 e. The van der Waals surface area contributed by atoms with Crippen LogP contribution in [0.1, 0.15) is 27.2 Å². The molecule has 0 atom stereocenters. The van der Waals surface area contributed by atoms with Crippen LogP contribution in [0, 0.1) is 0 Å². The first-order valence-corrected chi connectivity index (χ1v) is 11.5. The lowest BCUT2D eigenvalue weighted by Gasteiger charge is -2.29. The minimum atomic E-state index is -0.692. The Bertz CT molecular complexity index is 1050. The second-order valence-electron chi connectivity index (χ2n) is 6.97. The topological polar surface area (TPSA) is 78.5 Å². The largest absolute Gasteiger partial charge is 0.347 e. The Morgan fingerprint density at radius 1 is 1.07 bits per heavy atom. The standard InChI is InChI=1S/C22H21N3O3S2/c26-20(23-9-7-15-8-12-29-14-15)21(27)24-17-5-6-18-16(13-17)3-1-10-25(18)22(28)19-4-2-11-30-19/h2,4-6,8,11-14H,1,3,7,9-10H2,(H,23,26)(H,24,27). The Labute approximate surface area is 182 Å². The third-order valence-electron chi connectivity index (χ3n) is 4.92. The quantitative estimate of drug-likeness (QED) is 0.595. The zero-order chi connectivity index (χ0) is 20.9. The fourth-order valence-corrected chi connectivity index (χ4v) is 4.82. The number of fused-ring (bicyclic) bond motifs is 1. The van der Waals surface area contributed by atoms with Gasteiger partial charge in [-0.2, -0.15) is 11.3 Å². The monoisotopic (exact) mass is 439 g/mol. The minimum Gasteiger partial charge on any atom is -0.347 e. The lowest BCUT2D eigenvalue weighted by Crippen LogP contribution is -2.37. The van der Waals surface area contributed by atoms with Crippen LogP contribution in [-0.2, 0) is 22.4 Å². The van der Waals surface area contributed by atoms with Crippen LogP contribution in [-0.4, -0.2) is 30.8 Å². The van der Waals surface area contributed by atoms with E-state index in [1.54, 1.807) is 22.3 Å². The maximum Gasteiger partial charge on any atom is 0.313 e. The molecule has 3 aromatic rings. The van der Waals surface area contributed by atoms with E-state index < -0.39 is 11.8 Å². The molecule has 0 bridgehead atoms. The van der Waals surface area contributed by atoms with Gasteiger partial charge < -0.3 is 15.5 Å². The summed E-state index contributed by atoms with van der Waals surface area (Å²) in [6.45, 7) is 1.08. The van der Waals surface area contributed by atoms with Crippen molar-refractivity contribution in [2.24, 2.45) is 0 Å². The molecule has 2 aromatic heterocycles. The van der Waals surface area contributed by atoms with E-state index >= 15 is 0 Å². The number of nitrogens with zero attached hydrogens (tertiary/aromatic N) is 1.